The molecule has 0 spiro atoms. The fourth-order valence-corrected chi connectivity index (χ4v) is 2.82. The van der Waals surface area contributed by atoms with Crippen molar-refractivity contribution in [3.8, 4) is 0 Å². The van der Waals surface area contributed by atoms with Crippen LogP contribution in [0.4, 0.5) is 5.82 Å². The van der Waals surface area contributed by atoms with Crippen LogP contribution < -0.4 is 5.73 Å². The van der Waals surface area contributed by atoms with Gasteiger partial charge in [-0.1, -0.05) is 0 Å². The van der Waals surface area contributed by atoms with Crippen molar-refractivity contribution < 1.29 is 19.0 Å². The predicted molar refractivity (Wildman–Crippen MR) is 77.6 cm³/mol. The summed E-state index contributed by atoms with van der Waals surface area (Å²) < 4.78 is 12.4. The summed E-state index contributed by atoms with van der Waals surface area (Å²) >= 11 is 4.40. The molecule has 4 N–H and O–H groups in total. The van der Waals surface area contributed by atoms with Crippen LogP contribution in [0, 0.1) is 0 Å². The van der Waals surface area contributed by atoms with Crippen molar-refractivity contribution in [3.05, 3.63) is 12.7 Å². The Bertz CT molecular complexity index is 704. The molecule has 1 unspecified atom stereocenters. The van der Waals surface area contributed by atoms with Crippen LogP contribution in [0.2, 0.25) is 0 Å². The molecule has 3 heterocycles. The molecule has 1 aliphatic rings. The zero-order chi connectivity index (χ0) is 15.0. The number of aromatic nitrogens is 4. The van der Waals surface area contributed by atoms with Crippen LogP contribution in [-0.4, -0.2) is 42.0 Å². The lowest BCUT2D eigenvalue weighted by Crippen LogP contribution is -2.16. The molecule has 21 heavy (non-hydrogen) atoms. The third-order valence-corrected chi connectivity index (χ3v) is 4.01. The van der Waals surface area contributed by atoms with Gasteiger partial charge in [0.2, 0.25) is 0 Å². The van der Waals surface area contributed by atoms with E-state index in [9.17, 15) is 0 Å². The molecule has 1 saturated heterocycles. The number of nitrogens with two attached hydrogens (primary N) is 1. The van der Waals surface area contributed by atoms with Gasteiger partial charge in [-0.25, -0.2) is 15.0 Å². The number of hydrogen-bond acceptors (Lipinski definition) is 7. The normalized spacial score (nSPS) is 23.0. The Morgan fingerprint density at radius 2 is 2.24 bits per heavy atom. The number of anilines is 1. The minimum Gasteiger partial charge on any atom is -0.382 e. The molecule has 0 aliphatic carbocycles. The highest BCUT2D eigenvalue weighted by Crippen LogP contribution is 2.38. The second-order valence-corrected chi connectivity index (χ2v) is 7.33. The van der Waals surface area contributed by atoms with E-state index in [2.05, 4.69) is 26.8 Å². The van der Waals surface area contributed by atoms with Crippen LogP contribution in [0.5, 0.6) is 0 Å². The van der Waals surface area contributed by atoms with Gasteiger partial charge in [-0.05, 0) is 24.6 Å². The Morgan fingerprint density at radius 3 is 3.00 bits per heavy atom. The molecular weight excluding hydrogens is 317 g/mol. The number of imidazole rings is 1. The van der Waals surface area contributed by atoms with Crippen LogP contribution in [0.3, 0.4) is 0 Å². The van der Waals surface area contributed by atoms with Gasteiger partial charge in [0.25, 0.3) is 0 Å². The highest BCUT2D eigenvalue weighted by atomic mass is 32.5. The molecule has 9 nitrogen and oxygen atoms in total. The standard InChI is InChI=1S/C10H14N5O4PS/c11-9-8-10(13-4-12-9)15(5-14-8)7-2-1-6(19-7)3-18-20(16,17)21/h4-7H,1-3H2,(H2,11,12,13)(H2,16,17,21)/t6?,7-/m1/s1. The molecule has 2 atom stereocenters. The van der Waals surface area contributed by atoms with E-state index in [1.165, 1.54) is 6.33 Å². The fraction of sp³-hybridized carbons (Fsp3) is 0.500. The minimum absolute atomic E-state index is 0.0462. The summed E-state index contributed by atoms with van der Waals surface area (Å²) in [5, 5.41) is 0. The van der Waals surface area contributed by atoms with E-state index >= 15 is 0 Å². The topological polar surface area (TPSA) is 129 Å². The summed E-state index contributed by atoms with van der Waals surface area (Å²) in [5.74, 6) is 0.317. The molecule has 1 fully saturated rings. The van der Waals surface area contributed by atoms with Gasteiger partial charge in [0.1, 0.15) is 18.1 Å². The molecular formula is C10H14N5O4PS. The van der Waals surface area contributed by atoms with Crippen LogP contribution in [0.25, 0.3) is 11.2 Å². The van der Waals surface area contributed by atoms with Crippen molar-refractivity contribution in [3.63, 3.8) is 0 Å². The van der Waals surface area contributed by atoms with Crippen molar-refractivity contribution in [2.24, 2.45) is 0 Å². The van der Waals surface area contributed by atoms with Gasteiger partial charge in [-0.15, -0.1) is 0 Å². The molecule has 0 saturated carbocycles. The van der Waals surface area contributed by atoms with Crippen molar-refractivity contribution in [1.29, 1.82) is 0 Å². The van der Waals surface area contributed by atoms with Crippen LogP contribution in [0.15, 0.2) is 12.7 Å². The zero-order valence-electron chi connectivity index (χ0n) is 10.9. The summed E-state index contributed by atoms with van der Waals surface area (Å²) in [6.45, 7) is -3.60. The Kier molecular flexibility index (Phi) is 3.91. The number of hydrogen-bond donors (Lipinski definition) is 3. The van der Waals surface area contributed by atoms with Gasteiger partial charge >= 0.3 is 6.72 Å². The summed E-state index contributed by atoms with van der Waals surface area (Å²) in [6.07, 6.45) is 3.90. The molecule has 0 aromatic carbocycles. The summed E-state index contributed by atoms with van der Waals surface area (Å²) in [7, 11) is 0. The monoisotopic (exact) mass is 331 g/mol. The third-order valence-electron chi connectivity index (χ3n) is 3.21. The van der Waals surface area contributed by atoms with Crippen LogP contribution in [-0.2, 0) is 21.1 Å². The molecule has 11 heteroatoms. The smallest absolute Gasteiger partial charge is 0.321 e. The first-order valence-electron chi connectivity index (χ1n) is 6.22. The number of fused-ring (bicyclic) bond motifs is 1. The molecule has 3 rings (SSSR count). The minimum atomic E-state index is -3.65. The molecule has 114 valence electrons. The van der Waals surface area contributed by atoms with E-state index in [1.54, 1.807) is 10.9 Å². The average molecular weight is 331 g/mol. The Morgan fingerprint density at radius 1 is 1.43 bits per heavy atom. The number of nitrogen functional groups attached to an aromatic ring is 1. The van der Waals surface area contributed by atoms with E-state index in [-0.39, 0.29) is 18.9 Å². The lowest BCUT2D eigenvalue weighted by Gasteiger charge is -2.16. The van der Waals surface area contributed by atoms with Gasteiger partial charge in [-0.3, -0.25) is 4.57 Å². The number of rotatable bonds is 4. The number of nitrogens with zero attached hydrogens (tertiary/aromatic N) is 4. The van der Waals surface area contributed by atoms with E-state index in [4.69, 9.17) is 24.8 Å². The van der Waals surface area contributed by atoms with Gasteiger partial charge in [0.05, 0.1) is 19.0 Å². The predicted octanol–water partition coefficient (Wildman–Crippen LogP) is 0.312. The first-order valence-corrected chi connectivity index (χ1v) is 8.85. The summed E-state index contributed by atoms with van der Waals surface area (Å²) in [4.78, 5) is 30.3. The maximum absolute atomic E-state index is 9.06. The second kappa shape index (κ2) is 5.56. The van der Waals surface area contributed by atoms with Gasteiger partial charge in [0, 0.05) is 0 Å². The second-order valence-electron chi connectivity index (χ2n) is 4.66. The fourth-order valence-electron chi connectivity index (χ4n) is 2.27. The average Bonchev–Trinajstić information content (AvgIpc) is 3.02. The van der Waals surface area contributed by atoms with Crippen molar-refractivity contribution in [1.82, 2.24) is 19.5 Å². The lowest BCUT2D eigenvalue weighted by atomic mass is 10.2. The van der Waals surface area contributed by atoms with Crippen LogP contribution >= 0.6 is 6.72 Å². The Balaban J connectivity index is 1.73. The highest BCUT2D eigenvalue weighted by molar-refractivity contribution is 8.06. The molecule has 0 amide bonds. The third kappa shape index (κ3) is 3.20. The molecule has 1 aliphatic heterocycles. The molecule has 2 aromatic rings. The summed E-state index contributed by atoms with van der Waals surface area (Å²) in [5.41, 5.74) is 6.87. The zero-order valence-corrected chi connectivity index (χ0v) is 12.6. The quantitative estimate of drug-likeness (QED) is 0.678. The van der Waals surface area contributed by atoms with Crippen LogP contribution in [0.1, 0.15) is 19.1 Å². The Labute approximate surface area is 125 Å². The maximum Gasteiger partial charge on any atom is 0.321 e. The van der Waals surface area contributed by atoms with E-state index in [0.29, 0.717) is 23.4 Å². The van der Waals surface area contributed by atoms with Crippen molar-refractivity contribution >= 4 is 35.5 Å². The lowest BCUT2D eigenvalue weighted by molar-refractivity contribution is -0.0178. The Hall–Kier alpha value is -1.16. The maximum atomic E-state index is 9.06. The van der Waals surface area contributed by atoms with Gasteiger partial charge in [-0.2, -0.15) is 0 Å². The van der Waals surface area contributed by atoms with E-state index in [1.807, 2.05) is 0 Å². The first kappa shape index (κ1) is 14.8. The SMILES string of the molecule is Nc1ncnc2c1ncn2[C@H]1CCC(COP(O)(O)=S)O1. The van der Waals surface area contributed by atoms with Crippen molar-refractivity contribution in [2.45, 2.75) is 25.2 Å². The molecule has 2 aromatic heterocycles. The summed E-state index contributed by atoms with van der Waals surface area (Å²) in [6, 6.07) is 0. The highest BCUT2D eigenvalue weighted by Gasteiger charge is 2.29. The molecule has 0 bridgehead atoms. The number of ether oxygens (including phenoxy) is 1. The van der Waals surface area contributed by atoms with Gasteiger partial charge < -0.3 is 24.8 Å². The van der Waals surface area contributed by atoms with Crippen molar-refractivity contribution in [2.75, 3.05) is 12.3 Å². The van der Waals surface area contributed by atoms with E-state index in [0.717, 1.165) is 6.42 Å². The van der Waals surface area contributed by atoms with E-state index < -0.39 is 6.72 Å². The molecule has 0 radical (unpaired) electrons. The first-order chi connectivity index (χ1) is 9.94. The largest absolute Gasteiger partial charge is 0.382 e. The van der Waals surface area contributed by atoms with Gasteiger partial charge in [0.15, 0.2) is 11.5 Å².